The van der Waals surface area contributed by atoms with Crippen LogP contribution in [0.1, 0.15) is 11.1 Å². The molecule has 0 aliphatic rings. The molecule has 0 radical (unpaired) electrons. The molecule has 0 unspecified atom stereocenters. The highest BCUT2D eigenvalue weighted by atomic mass is 32.2. The van der Waals surface area contributed by atoms with Crippen molar-refractivity contribution >= 4 is 22.8 Å². The van der Waals surface area contributed by atoms with Crippen LogP contribution in [0.25, 0.3) is 11.0 Å². The zero-order valence-corrected chi connectivity index (χ0v) is 12.5. The molecule has 0 atom stereocenters. The van der Waals surface area contributed by atoms with Crippen molar-refractivity contribution in [1.29, 1.82) is 5.26 Å². The fourth-order valence-electron chi connectivity index (χ4n) is 2.05. The highest BCUT2D eigenvalue weighted by Gasteiger charge is 2.09. The number of benzene rings is 2. The molecule has 1 heterocycles. The molecule has 0 bridgehead atoms. The van der Waals surface area contributed by atoms with Gasteiger partial charge in [0.1, 0.15) is 11.8 Å². The highest BCUT2D eigenvalue weighted by Crippen LogP contribution is 2.31. The summed E-state index contributed by atoms with van der Waals surface area (Å²) in [6.07, 6.45) is 0. The molecule has 104 valence electrons. The van der Waals surface area contributed by atoms with Gasteiger partial charge in [-0.3, -0.25) is 0 Å². The lowest BCUT2D eigenvalue weighted by Gasteiger charge is -2.02. The van der Waals surface area contributed by atoms with Crippen LogP contribution in [0.5, 0.6) is 5.75 Å². The topological polar surface area (TPSA) is 61.7 Å². The molecule has 3 rings (SSSR count). The van der Waals surface area contributed by atoms with Crippen molar-refractivity contribution in [3.8, 4) is 11.8 Å². The van der Waals surface area contributed by atoms with Crippen molar-refractivity contribution < 1.29 is 4.74 Å². The number of aryl methyl sites for hydroxylation is 1. The van der Waals surface area contributed by atoms with Crippen LogP contribution in [-0.2, 0) is 0 Å². The van der Waals surface area contributed by atoms with Crippen molar-refractivity contribution in [2.45, 2.75) is 17.0 Å². The number of nitrogens with zero attached hydrogens (tertiary/aromatic N) is 2. The first-order valence-corrected chi connectivity index (χ1v) is 7.23. The summed E-state index contributed by atoms with van der Waals surface area (Å²) in [5.41, 5.74) is 3.57. The molecule has 0 amide bonds. The number of hydrogen-bond donors (Lipinski definition) is 1. The quantitative estimate of drug-likeness (QED) is 0.796. The van der Waals surface area contributed by atoms with E-state index in [1.807, 2.05) is 43.3 Å². The molecule has 4 nitrogen and oxygen atoms in total. The molecule has 0 aliphatic heterocycles. The fourth-order valence-corrected chi connectivity index (χ4v) is 3.03. The van der Waals surface area contributed by atoms with Gasteiger partial charge >= 0.3 is 0 Å². The number of nitrogens with one attached hydrogen (secondary N) is 1. The van der Waals surface area contributed by atoms with Gasteiger partial charge in [0.15, 0.2) is 5.16 Å². The van der Waals surface area contributed by atoms with E-state index in [-0.39, 0.29) is 0 Å². The summed E-state index contributed by atoms with van der Waals surface area (Å²) in [6, 6.07) is 13.7. The average Bonchev–Trinajstić information content (AvgIpc) is 2.88. The van der Waals surface area contributed by atoms with Gasteiger partial charge in [-0.2, -0.15) is 5.26 Å². The molecule has 21 heavy (non-hydrogen) atoms. The molecule has 5 heteroatoms. The molecule has 0 aliphatic carbocycles. The Bertz CT molecular complexity index is 848. The molecule has 2 aromatic carbocycles. The number of methoxy groups -OCH3 is 1. The van der Waals surface area contributed by atoms with Crippen LogP contribution in [0.3, 0.4) is 0 Å². The third-order valence-electron chi connectivity index (χ3n) is 3.13. The summed E-state index contributed by atoms with van der Waals surface area (Å²) >= 11 is 1.46. The van der Waals surface area contributed by atoms with E-state index in [9.17, 15) is 5.26 Å². The van der Waals surface area contributed by atoms with Gasteiger partial charge in [-0.25, -0.2) is 4.98 Å². The van der Waals surface area contributed by atoms with Crippen LogP contribution in [-0.4, -0.2) is 17.1 Å². The lowest BCUT2D eigenvalue weighted by molar-refractivity contribution is 0.415. The Kier molecular flexibility index (Phi) is 3.55. The monoisotopic (exact) mass is 295 g/mol. The third kappa shape index (κ3) is 2.71. The maximum absolute atomic E-state index is 9.18. The standard InChI is InChI=1S/C16H13N3OS/c1-10-3-4-11(9-17)15(7-10)21-16-18-13-6-5-12(20-2)8-14(13)19-16/h3-8H,1-2H3,(H,18,19). The van der Waals surface area contributed by atoms with Gasteiger partial charge in [-0.1, -0.05) is 17.8 Å². The molecule has 1 N–H and O–H groups in total. The zero-order valence-electron chi connectivity index (χ0n) is 11.7. The summed E-state index contributed by atoms with van der Waals surface area (Å²) in [4.78, 5) is 8.69. The minimum Gasteiger partial charge on any atom is -0.497 e. The number of H-pyrrole nitrogens is 1. The first kappa shape index (κ1) is 13.5. The number of imidazole rings is 1. The van der Waals surface area contributed by atoms with Gasteiger partial charge in [0.05, 0.1) is 23.7 Å². The lowest BCUT2D eigenvalue weighted by atomic mass is 10.2. The molecular weight excluding hydrogens is 282 g/mol. The third-order valence-corrected chi connectivity index (χ3v) is 4.08. The normalized spacial score (nSPS) is 10.5. The highest BCUT2D eigenvalue weighted by molar-refractivity contribution is 7.99. The second-order valence-electron chi connectivity index (χ2n) is 4.64. The minimum atomic E-state index is 0.656. The first-order valence-electron chi connectivity index (χ1n) is 6.42. The summed E-state index contributed by atoms with van der Waals surface area (Å²) in [5, 5.41) is 9.95. The van der Waals surface area contributed by atoms with Crippen LogP contribution in [0.15, 0.2) is 46.5 Å². The van der Waals surface area contributed by atoms with Crippen LogP contribution in [0.2, 0.25) is 0 Å². The Morgan fingerprint density at radius 3 is 2.86 bits per heavy atom. The van der Waals surface area contributed by atoms with Gasteiger partial charge in [0, 0.05) is 11.0 Å². The van der Waals surface area contributed by atoms with E-state index in [1.54, 1.807) is 7.11 Å². The van der Waals surface area contributed by atoms with E-state index in [0.29, 0.717) is 5.56 Å². The number of aromatic nitrogens is 2. The maximum Gasteiger partial charge on any atom is 0.171 e. The van der Waals surface area contributed by atoms with Crippen molar-refractivity contribution in [2.24, 2.45) is 0 Å². The Hall–Kier alpha value is -2.45. The molecule has 0 saturated carbocycles. The predicted octanol–water partition coefficient (Wildman–Crippen LogP) is 3.90. The van der Waals surface area contributed by atoms with Crippen LogP contribution in [0.4, 0.5) is 0 Å². The van der Waals surface area contributed by atoms with E-state index in [4.69, 9.17) is 4.74 Å². The van der Waals surface area contributed by atoms with Crippen molar-refractivity contribution in [2.75, 3.05) is 7.11 Å². The summed E-state index contributed by atoms with van der Waals surface area (Å²) in [6.45, 7) is 2.01. The molecular formula is C16H13N3OS. The predicted molar refractivity (Wildman–Crippen MR) is 82.7 cm³/mol. The largest absolute Gasteiger partial charge is 0.497 e. The van der Waals surface area contributed by atoms with Crippen molar-refractivity contribution in [3.05, 3.63) is 47.5 Å². The molecule has 0 fully saturated rings. The van der Waals surface area contributed by atoms with Gasteiger partial charge in [0.25, 0.3) is 0 Å². The number of rotatable bonds is 3. The Labute approximate surface area is 126 Å². The summed E-state index contributed by atoms with van der Waals surface area (Å²) in [7, 11) is 1.64. The Morgan fingerprint density at radius 2 is 2.10 bits per heavy atom. The number of aromatic amines is 1. The maximum atomic E-state index is 9.18. The van der Waals surface area contributed by atoms with E-state index >= 15 is 0 Å². The Morgan fingerprint density at radius 1 is 1.24 bits per heavy atom. The van der Waals surface area contributed by atoms with E-state index < -0.39 is 0 Å². The summed E-state index contributed by atoms with van der Waals surface area (Å²) in [5.74, 6) is 0.788. The van der Waals surface area contributed by atoms with Crippen LogP contribution in [0, 0.1) is 18.3 Å². The van der Waals surface area contributed by atoms with E-state index in [2.05, 4.69) is 16.0 Å². The van der Waals surface area contributed by atoms with Crippen molar-refractivity contribution in [3.63, 3.8) is 0 Å². The zero-order chi connectivity index (χ0) is 14.8. The van der Waals surface area contributed by atoms with Gasteiger partial charge < -0.3 is 9.72 Å². The van der Waals surface area contributed by atoms with Gasteiger partial charge in [0.2, 0.25) is 0 Å². The Balaban J connectivity index is 1.98. The van der Waals surface area contributed by atoms with Crippen LogP contribution < -0.4 is 4.74 Å². The molecule has 0 saturated heterocycles. The molecule has 0 spiro atoms. The van der Waals surface area contributed by atoms with E-state index in [0.717, 1.165) is 32.4 Å². The minimum absolute atomic E-state index is 0.656. The smallest absolute Gasteiger partial charge is 0.171 e. The SMILES string of the molecule is COc1ccc2nc(Sc3cc(C)ccc3C#N)[nH]c2c1. The molecule has 3 aromatic rings. The number of hydrogen-bond acceptors (Lipinski definition) is 4. The average molecular weight is 295 g/mol. The van der Waals surface area contributed by atoms with Crippen LogP contribution >= 0.6 is 11.8 Å². The number of nitriles is 1. The number of ether oxygens (including phenoxy) is 1. The second kappa shape index (κ2) is 5.51. The van der Waals surface area contributed by atoms with Crippen molar-refractivity contribution in [1.82, 2.24) is 9.97 Å². The molecule has 1 aromatic heterocycles. The van der Waals surface area contributed by atoms with Gasteiger partial charge in [-0.15, -0.1) is 0 Å². The number of fused-ring (bicyclic) bond motifs is 1. The van der Waals surface area contributed by atoms with E-state index in [1.165, 1.54) is 11.8 Å². The fraction of sp³-hybridized carbons (Fsp3) is 0.125. The second-order valence-corrected chi connectivity index (χ2v) is 5.67. The van der Waals surface area contributed by atoms with Gasteiger partial charge in [-0.05, 0) is 36.8 Å². The summed E-state index contributed by atoms with van der Waals surface area (Å²) < 4.78 is 5.20. The lowest BCUT2D eigenvalue weighted by Crippen LogP contribution is -1.84. The first-order chi connectivity index (χ1) is 10.2.